The zero-order valence-electron chi connectivity index (χ0n) is 13.5. The third-order valence-electron chi connectivity index (χ3n) is 6.61. The van der Waals surface area contributed by atoms with Crippen LogP contribution in [0.4, 0.5) is 0 Å². The maximum atomic E-state index is 5.30. The predicted molar refractivity (Wildman–Crippen MR) is 85.1 cm³/mol. The van der Waals surface area contributed by atoms with Crippen LogP contribution in [0, 0.1) is 22.7 Å². The molecule has 0 aromatic carbocycles. The Kier molecular flexibility index (Phi) is 3.22. The van der Waals surface area contributed by atoms with Gasteiger partial charge in [-0.05, 0) is 85.8 Å². The largest absolute Gasteiger partial charge is 0.472 e. The van der Waals surface area contributed by atoms with Crippen molar-refractivity contribution < 1.29 is 4.42 Å². The lowest BCUT2D eigenvalue weighted by molar-refractivity contribution is -0.117. The van der Waals surface area contributed by atoms with Gasteiger partial charge in [0.2, 0.25) is 0 Å². The SMILES string of the molecule is CCNC(Cc1ccoc1)C12CC3CC(CC(C)(C3)C1)C2. The van der Waals surface area contributed by atoms with Gasteiger partial charge in [0.1, 0.15) is 0 Å². The summed E-state index contributed by atoms with van der Waals surface area (Å²) in [6, 6.07) is 2.78. The number of likely N-dealkylation sites (N-methyl/N-ethyl adjacent to an activating group) is 1. The second-order valence-corrected chi connectivity index (χ2v) is 8.58. The molecule has 3 unspecified atom stereocenters. The molecule has 4 bridgehead atoms. The van der Waals surface area contributed by atoms with E-state index in [0.717, 1.165) is 24.8 Å². The van der Waals surface area contributed by atoms with E-state index in [1.165, 1.54) is 44.1 Å². The molecule has 4 saturated carbocycles. The highest BCUT2D eigenvalue weighted by molar-refractivity contribution is 5.15. The van der Waals surface area contributed by atoms with Crippen molar-refractivity contribution in [2.24, 2.45) is 22.7 Å². The maximum Gasteiger partial charge on any atom is 0.0935 e. The van der Waals surface area contributed by atoms with Crippen LogP contribution in [0.25, 0.3) is 0 Å². The van der Waals surface area contributed by atoms with Crippen LogP contribution in [0.1, 0.15) is 57.9 Å². The van der Waals surface area contributed by atoms with Crippen LogP contribution in [-0.2, 0) is 6.42 Å². The normalized spacial score (nSPS) is 42.4. The molecule has 4 aliphatic carbocycles. The van der Waals surface area contributed by atoms with Gasteiger partial charge in [-0.2, -0.15) is 0 Å². The van der Waals surface area contributed by atoms with E-state index in [0.29, 0.717) is 16.9 Å². The first-order valence-corrected chi connectivity index (χ1v) is 8.85. The molecule has 2 nitrogen and oxygen atoms in total. The number of hydrogen-bond acceptors (Lipinski definition) is 2. The lowest BCUT2D eigenvalue weighted by Crippen LogP contribution is -2.59. The molecular weight excluding hydrogens is 258 g/mol. The number of rotatable bonds is 5. The van der Waals surface area contributed by atoms with E-state index in [1.54, 1.807) is 0 Å². The molecule has 4 aliphatic rings. The molecule has 4 fully saturated rings. The molecule has 0 amide bonds. The summed E-state index contributed by atoms with van der Waals surface area (Å²) in [6.45, 7) is 5.90. The van der Waals surface area contributed by atoms with E-state index in [4.69, 9.17) is 4.42 Å². The molecule has 2 heteroatoms. The lowest BCUT2D eigenvalue weighted by Gasteiger charge is -2.63. The van der Waals surface area contributed by atoms with Crippen molar-refractivity contribution in [3.63, 3.8) is 0 Å². The van der Waals surface area contributed by atoms with Gasteiger partial charge in [0.15, 0.2) is 0 Å². The Morgan fingerprint density at radius 2 is 2.05 bits per heavy atom. The van der Waals surface area contributed by atoms with Crippen LogP contribution in [0.3, 0.4) is 0 Å². The minimum Gasteiger partial charge on any atom is -0.472 e. The summed E-state index contributed by atoms with van der Waals surface area (Å²) in [5.74, 6) is 2.00. The van der Waals surface area contributed by atoms with Crippen molar-refractivity contribution >= 4 is 0 Å². The summed E-state index contributed by atoms with van der Waals surface area (Å²) in [6.07, 6.45) is 13.8. The number of hydrogen-bond donors (Lipinski definition) is 1. The van der Waals surface area contributed by atoms with E-state index < -0.39 is 0 Å². The molecule has 1 aromatic rings. The van der Waals surface area contributed by atoms with E-state index in [9.17, 15) is 0 Å². The van der Waals surface area contributed by atoms with E-state index in [-0.39, 0.29) is 0 Å². The van der Waals surface area contributed by atoms with Gasteiger partial charge in [-0.1, -0.05) is 13.8 Å². The first-order chi connectivity index (χ1) is 10.1. The molecule has 0 saturated heterocycles. The summed E-state index contributed by atoms with van der Waals surface area (Å²) in [5.41, 5.74) is 2.54. The van der Waals surface area contributed by atoms with Crippen LogP contribution in [0.5, 0.6) is 0 Å². The summed E-state index contributed by atoms with van der Waals surface area (Å²) < 4.78 is 5.30. The van der Waals surface area contributed by atoms with E-state index >= 15 is 0 Å². The van der Waals surface area contributed by atoms with Crippen molar-refractivity contribution in [2.75, 3.05) is 6.54 Å². The average molecular weight is 287 g/mol. The second kappa shape index (κ2) is 4.87. The molecule has 0 aliphatic heterocycles. The molecule has 5 rings (SSSR count). The minimum absolute atomic E-state index is 0.548. The van der Waals surface area contributed by atoms with E-state index in [1.807, 2.05) is 12.5 Å². The van der Waals surface area contributed by atoms with Crippen LogP contribution in [-0.4, -0.2) is 12.6 Å². The summed E-state index contributed by atoms with van der Waals surface area (Å²) in [7, 11) is 0. The highest BCUT2D eigenvalue weighted by Gasteiger charge is 2.58. The molecule has 1 aromatic heterocycles. The summed E-state index contributed by atoms with van der Waals surface area (Å²) in [5, 5.41) is 3.85. The fourth-order valence-corrected chi connectivity index (χ4v) is 6.60. The quantitative estimate of drug-likeness (QED) is 0.868. The van der Waals surface area contributed by atoms with Gasteiger partial charge in [0.25, 0.3) is 0 Å². The molecular formula is C19H29NO. The van der Waals surface area contributed by atoms with E-state index in [2.05, 4.69) is 25.2 Å². The van der Waals surface area contributed by atoms with Gasteiger partial charge in [-0.25, -0.2) is 0 Å². The van der Waals surface area contributed by atoms with Crippen molar-refractivity contribution in [3.05, 3.63) is 24.2 Å². The molecule has 116 valence electrons. The highest BCUT2D eigenvalue weighted by atomic mass is 16.3. The molecule has 3 atom stereocenters. The molecule has 0 spiro atoms. The monoisotopic (exact) mass is 287 g/mol. The van der Waals surface area contributed by atoms with Gasteiger partial charge < -0.3 is 9.73 Å². The first-order valence-electron chi connectivity index (χ1n) is 8.85. The van der Waals surface area contributed by atoms with Crippen molar-refractivity contribution in [1.82, 2.24) is 5.32 Å². The second-order valence-electron chi connectivity index (χ2n) is 8.58. The van der Waals surface area contributed by atoms with Gasteiger partial charge in [0, 0.05) is 6.04 Å². The minimum atomic E-state index is 0.548. The number of nitrogens with one attached hydrogen (secondary N) is 1. The Morgan fingerprint density at radius 3 is 2.62 bits per heavy atom. The molecule has 21 heavy (non-hydrogen) atoms. The van der Waals surface area contributed by atoms with Gasteiger partial charge in [-0.3, -0.25) is 0 Å². The van der Waals surface area contributed by atoms with Gasteiger partial charge >= 0.3 is 0 Å². The third-order valence-corrected chi connectivity index (χ3v) is 6.61. The smallest absolute Gasteiger partial charge is 0.0935 e. The Bertz CT molecular complexity index is 478. The fourth-order valence-electron chi connectivity index (χ4n) is 6.60. The Labute approximate surface area is 128 Å². The zero-order valence-corrected chi connectivity index (χ0v) is 13.5. The summed E-state index contributed by atoms with van der Waals surface area (Å²) in [4.78, 5) is 0. The highest BCUT2D eigenvalue weighted by Crippen LogP contribution is 2.66. The van der Waals surface area contributed by atoms with Crippen molar-refractivity contribution in [3.8, 4) is 0 Å². The van der Waals surface area contributed by atoms with Gasteiger partial charge in [-0.15, -0.1) is 0 Å². The standard InChI is InChI=1S/C19H29NO/c1-3-20-17(7-14-4-5-21-12-14)19-10-15-6-16(11-19)9-18(2,8-15)13-19/h4-5,12,15-17,20H,3,6-11,13H2,1-2H3. The zero-order chi connectivity index (χ0) is 14.5. The van der Waals surface area contributed by atoms with Crippen LogP contribution < -0.4 is 5.32 Å². The lowest BCUT2D eigenvalue weighted by atomic mass is 9.43. The Balaban J connectivity index is 1.62. The predicted octanol–water partition coefficient (Wildman–Crippen LogP) is 4.41. The molecule has 0 radical (unpaired) electrons. The van der Waals surface area contributed by atoms with Gasteiger partial charge in [0.05, 0.1) is 12.5 Å². The van der Waals surface area contributed by atoms with Crippen molar-refractivity contribution in [1.29, 1.82) is 0 Å². The van der Waals surface area contributed by atoms with Crippen LogP contribution in [0.15, 0.2) is 23.0 Å². The number of furan rings is 1. The van der Waals surface area contributed by atoms with Crippen molar-refractivity contribution in [2.45, 2.75) is 64.8 Å². The molecule has 1 N–H and O–H groups in total. The fraction of sp³-hybridized carbons (Fsp3) is 0.789. The Morgan fingerprint density at radius 1 is 1.29 bits per heavy atom. The average Bonchev–Trinajstić information content (AvgIpc) is 2.88. The maximum absolute atomic E-state index is 5.30. The van der Waals surface area contributed by atoms with Crippen LogP contribution >= 0.6 is 0 Å². The summed E-state index contributed by atoms with van der Waals surface area (Å²) >= 11 is 0. The van der Waals surface area contributed by atoms with Crippen LogP contribution in [0.2, 0.25) is 0 Å². The third kappa shape index (κ3) is 2.36. The molecule has 1 heterocycles. The Hall–Kier alpha value is -0.760. The topological polar surface area (TPSA) is 25.2 Å². The first kappa shape index (κ1) is 13.9.